The molecule has 2 heterocycles. The Balaban J connectivity index is 1.52. The van der Waals surface area contributed by atoms with Crippen molar-refractivity contribution in [2.45, 2.75) is 44.3 Å². The van der Waals surface area contributed by atoms with Gasteiger partial charge in [-0.05, 0) is 49.6 Å². The molecule has 0 saturated carbocycles. The highest BCUT2D eigenvalue weighted by Crippen LogP contribution is 2.37. The normalized spacial score (nSPS) is 24.4. The molecular formula is C22H27N3O2. The Hall–Kier alpha value is -2.37. The Morgan fingerprint density at radius 3 is 2.81 bits per heavy atom. The molecule has 2 aromatic carbocycles. The molecule has 1 unspecified atom stereocenters. The van der Waals surface area contributed by atoms with Crippen LogP contribution in [0.3, 0.4) is 0 Å². The van der Waals surface area contributed by atoms with E-state index in [1.807, 2.05) is 13.0 Å². The van der Waals surface area contributed by atoms with Gasteiger partial charge >= 0.3 is 0 Å². The number of hydrogen-bond acceptors (Lipinski definition) is 4. The second kappa shape index (κ2) is 7.71. The minimum Gasteiger partial charge on any atom is -0.496 e. The van der Waals surface area contributed by atoms with Crippen LogP contribution in [0.5, 0.6) is 5.75 Å². The molecule has 2 aliphatic heterocycles. The van der Waals surface area contributed by atoms with Crippen LogP contribution in [0, 0.1) is 0 Å². The molecule has 142 valence electrons. The van der Waals surface area contributed by atoms with Gasteiger partial charge in [-0.2, -0.15) is 0 Å². The summed E-state index contributed by atoms with van der Waals surface area (Å²) in [6, 6.07) is 15.3. The fourth-order valence-corrected chi connectivity index (χ4v) is 4.18. The van der Waals surface area contributed by atoms with Crippen LogP contribution in [0.1, 0.15) is 48.4 Å². The molecule has 3 atom stereocenters. The van der Waals surface area contributed by atoms with E-state index in [1.165, 1.54) is 5.56 Å². The maximum Gasteiger partial charge on any atom is 0.231 e. The number of methoxy groups -OCH3 is 1. The van der Waals surface area contributed by atoms with Crippen LogP contribution in [-0.2, 0) is 11.3 Å². The summed E-state index contributed by atoms with van der Waals surface area (Å²) >= 11 is 0. The van der Waals surface area contributed by atoms with Crippen LogP contribution in [0.25, 0.3) is 0 Å². The number of piperidine rings is 1. The summed E-state index contributed by atoms with van der Waals surface area (Å²) in [4.78, 5) is 12.0. The first-order valence-corrected chi connectivity index (χ1v) is 9.70. The highest BCUT2D eigenvalue weighted by Gasteiger charge is 2.29. The van der Waals surface area contributed by atoms with Gasteiger partial charge < -0.3 is 20.7 Å². The van der Waals surface area contributed by atoms with Gasteiger partial charge in [0.25, 0.3) is 0 Å². The molecule has 2 aromatic rings. The molecule has 5 heteroatoms. The van der Waals surface area contributed by atoms with E-state index in [2.05, 4.69) is 52.3 Å². The summed E-state index contributed by atoms with van der Waals surface area (Å²) in [6.45, 7) is 3.68. The number of nitrogens with one attached hydrogen (secondary N) is 3. The molecule has 5 nitrogen and oxygen atoms in total. The Morgan fingerprint density at radius 1 is 1.22 bits per heavy atom. The number of rotatable bonds is 5. The number of benzene rings is 2. The maximum absolute atomic E-state index is 12.0. The summed E-state index contributed by atoms with van der Waals surface area (Å²) in [7, 11) is 1.69. The van der Waals surface area contributed by atoms with Crippen LogP contribution >= 0.6 is 0 Å². The van der Waals surface area contributed by atoms with Crippen molar-refractivity contribution in [3.8, 4) is 5.75 Å². The average molecular weight is 365 g/mol. The molecule has 1 fully saturated rings. The summed E-state index contributed by atoms with van der Waals surface area (Å²) in [5, 5.41) is 10.3. The highest BCUT2D eigenvalue weighted by atomic mass is 16.5. The number of ether oxygens (including phenoxy) is 1. The van der Waals surface area contributed by atoms with Crippen molar-refractivity contribution in [1.82, 2.24) is 10.6 Å². The second-order valence-electron chi connectivity index (χ2n) is 7.43. The van der Waals surface area contributed by atoms with Gasteiger partial charge in [-0.25, -0.2) is 0 Å². The van der Waals surface area contributed by atoms with Crippen LogP contribution in [0.15, 0.2) is 42.5 Å². The Bertz CT molecular complexity index is 822. The van der Waals surface area contributed by atoms with Crippen LogP contribution < -0.4 is 20.7 Å². The van der Waals surface area contributed by atoms with Gasteiger partial charge in [-0.1, -0.05) is 30.3 Å². The molecule has 0 aliphatic carbocycles. The third-order valence-electron chi connectivity index (χ3n) is 5.74. The van der Waals surface area contributed by atoms with Crippen molar-refractivity contribution in [2.24, 2.45) is 0 Å². The van der Waals surface area contributed by atoms with Gasteiger partial charge in [0.2, 0.25) is 5.91 Å². The lowest BCUT2D eigenvalue weighted by Crippen LogP contribution is -2.45. The number of hydrogen-bond donors (Lipinski definition) is 3. The van der Waals surface area contributed by atoms with Crippen LogP contribution in [0.4, 0.5) is 5.69 Å². The first kappa shape index (κ1) is 18.0. The van der Waals surface area contributed by atoms with Crippen LogP contribution in [0.2, 0.25) is 0 Å². The van der Waals surface area contributed by atoms with E-state index in [9.17, 15) is 4.79 Å². The molecule has 0 spiro atoms. The van der Waals surface area contributed by atoms with Gasteiger partial charge in [0.05, 0.1) is 13.0 Å². The van der Waals surface area contributed by atoms with Gasteiger partial charge in [0.15, 0.2) is 0 Å². The van der Waals surface area contributed by atoms with Crippen LogP contribution in [-0.4, -0.2) is 25.6 Å². The van der Waals surface area contributed by atoms with Gasteiger partial charge in [-0.3, -0.25) is 4.79 Å². The third-order valence-corrected chi connectivity index (χ3v) is 5.74. The summed E-state index contributed by atoms with van der Waals surface area (Å²) in [6.07, 6.45) is 2.30. The fourth-order valence-electron chi connectivity index (χ4n) is 4.18. The quantitative estimate of drug-likeness (QED) is 0.761. The zero-order chi connectivity index (χ0) is 18.8. The van der Waals surface area contributed by atoms with Crippen molar-refractivity contribution in [1.29, 1.82) is 0 Å². The average Bonchev–Trinajstić information content (AvgIpc) is 2.99. The van der Waals surface area contributed by atoms with Crippen molar-refractivity contribution in [3.63, 3.8) is 0 Å². The van der Waals surface area contributed by atoms with E-state index >= 15 is 0 Å². The zero-order valence-corrected chi connectivity index (χ0v) is 15.9. The fraction of sp³-hybridized carbons (Fsp3) is 0.409. The monoisotopic (exact) mass is 365 g/mol. The molecule has 0 radical (unpaired) electrons. The lowest BCUT2D eigenvalue weighted by molar-refractivity contribution is -0.116. The SMILES string of the molecule is COc1cc2c(cc1CNC1CCCN[C@H]1c1ccccc1)NC(=O)[C@H]2C. The van der Waals surface area contributed by atoms with Gasteiger partial charge in [0, 0.05) is 29.9 Å². The van der Waals surface area contributed by atoms with Crippen molar-refractivity contribution in [3.05, 3.63) is 59.2 Å². The minimum atomic E-state index is -0.124. The summed E-state index contributed by atoms with van der Waals surface area (Å²) in [5.41, 5.74) is 4.31. The molecule has 2 aliphatic rings. The van der Waals surface area contributed by atoms with Gasteiger partial charge in [0.1, 0.15) is 5.75 Å². The van der Waals surface area contributed by atoms with Crippen molar-refractivity contribution < 1.29 is 9.53 Å². The molecule has 1 saturated heterocycles. The predicted octanol–water partition coefficient (Wildman–Crippen LogP) is 3.33. The number of anilines is 1. The van der Waals surface area contributed by atoms with Gasteiger partial charge in [-0.15, -0.1) is 0 Å². The number of carbonyl (C=O) groups is 1. The summed E-state index contributed by atoms with van der Waals surface area (Å²) < 4.78 is 5.61. The molecule has 4 rings (SSSR count). The van der Waals surface area contributed by atoms with E-state index in [1.54, 1.807) is 7.11 Å². The smallest absolute Gasteiger partial charge is 0.231 e. The summed E-state index contributed by atoms with van der Waals surface area (Å²) in [5.74, 6) is 0.767. The molecule has 3 N–H and O–H groups in total. The maximum atomic E-state index is 12.0. The van der Waals surface area contributed by atoms with E-state index in [4.69, 9.17) is 4.74 Å². The van der Waals surface area contributed by atoms with Crippen molar-refractivity contribution in [2.75, 3.05) is 19.0 Å². The molecule has 0 bridgehead atoms. The topological polar surface area (TPSA) is 62.4 Å². The zero-order valence-electron chi connectivity index (χ0n) is 15.9. The van der Waals surface area contributed by atoms with E-state index in [-0.39, 0.29) is 11.8 Å². The first-order chi connectivity index (χ1) is 13.2. The lowest BCUT2D eigenvalue weighted by Gasteiger charge is -2.34. The first-order valence-electron chi connectivity index (χ1n) is 9.70. The lowest BCUT2D eigenvalue weighted by atomic mass is 9.92. The van der Waals surface area contributed by atoms with Crippen molar-refractivity contribution >= 4 is 11.6 Å². The highest BCUT2D eigenvalue weighted by molar-refractivity contribution is 6.02. The largest absolute Gasteiger partial charge is 0.496 e. The molecule has 0 aromatic heterocycles. The Labute approximate surface area is 160 Å². The second-order valence-corrected chi connectivity index (χ2v) is 7.43. The molecular weight excluding hydrogens is 338 g/mol. The Morgan fingerprint density at radius 2 is 2.04 bits per heavy atom. The Kier molecular flexibility index (Phi) is 5.14. The number of carbonyl (C=O) groups excluding carboxylic acids is 1. The minimum absolute atomic E-state index is 0.0535. The molecule has 27 heavy (non-hydrogen) atoms. The van der Waals surface area contributed by atoms with E-state index < -0.39 is 0 Å². The molecule has 1 amide bonds. The van der Waals surface area contributed by atoms with E-state index in [0.29, 0.717) is 18.6 Å². The number of amides is 1. The third kappa shape index (κ3) is 3.57. The number of fused-ring (bicyclic) bond motifs is 1. The van der Waals surface area contributed by atoms with E-state index in [0.717, 1.165) is 42.0 Å². The predicted molar refractivity (Wildman–Crippen MR) is 107 cm³/mol. The standard InChI is InChI=1S/C22H27N3O2/c1-14-17-12-20(27-2)16(11-19(17)25-22(14)26)13-24-18-9-6-10-23-21(18)15-7-4-3-5-8-15/h3-5,7-8,11-12,14,18,21,23-24H,6,9-10,13H2,1-2H3,(H,25,26)/t14-,18?,21-/m0/s1.